The number of aromatic nitrogens is 1. The topological polar surface area (TPSA) is 62.7 Å². The van der Waals surface area contributed by atoms with Crippen LogP contribution in [0.4, 0.5) is 0 Å². The first kappa shape index (κ1) is 17.0. The molecular formula is C20H23N3O3. The van der Waals surface area contributed by atoms with Gasteiger partial charge in [-0.25, -0.2) is 4.79 Å². The number of carbonyl (C=O) groups excluding carboxylic acids is 2. The Balaban J connectivity index is 1.64. The van der Waals surface area contributed by atoms with Crippen molar-refractivity contribution in [2.45, 2.75) is 25.8 Å². The van der Waals surface area contributed by atoms with Crippen molar-refractivity contribution in [1.82, 2.24) is 14.8 Å². The number of rotatable bonds is 3. The van der Waals surface area contributed by atoms with Crippen molar-refractivity contribution >= 4 is 22.8 Å². The first-order valence-electron chi connectivity index (χ1n) is 9.17. The van der Waals surface area contributed by atoms with Crippen molar-refractivity contribution in [3.8, 4) is 0 Å². The molecule has 0 aliphatic carbocycles. The summed E-state index contributed by atoms with van der Waals surface area (Å²) in [5, 5.41) is 0.792. The highest BCUT2D eigenvalue weighted by molar-refractivity contribution is 6.05. The zero-order chi connectivity index (χ0) is 18.1. The van der Waals surface area contributed by atoms with E-state index in [4.69, 9.17) is 9.72 Å². The lowest BCUT2D eigenvalue weighted by molar-refractivity contribution is -0.133. The van der Waals surface area contributed by atoms with Crippen LogP contribution in [-0.2, 0) is 22.5 Å². The van der Waals surface area contributed by atoms with E-state index < -0.39 is 5.97 Å². The number of likely N-dealkylation sites (N-methyl/N-ethyl adjacent to an activating group) is 1. The normalized spacial score (nSPS) is 17.3. The number of ether oxygens (including phenoxy) is 1. The predicted molar refractivity (Wildman–Crippen MR) is 97.9 cm³/mol. The third-order valence-electron chi connectivity index (χ3n) is 5.23. The molecule has 1 fully saturated rings. The number of pyridine rings is 1. The molecule has 3 heterocycles. The quantitative estimate of drug-likeness (QED) is 0.790. The van der Waals surface area contributed by atoms with Gasteiger partial charge in [0.25, 0.3) is 5.91 Å². The summed E-state index contributed by atoms with van der Waals surface area (Å²) in [6, 6.07) is 7.63. The second kappa shape index (κ2) is 7.03. The minimum absolute atomic E-state index is 0.111. The van der Waals surface area contributed by atoms with Crippen LogP contribution in [0.5, 0.6) is 0 Å². The fourth-order valence-corrected chi connectivity index (χ4v) is 3.82. The Labute approximate surface area is 152 Å². The molecule has 1 aromatic heterocycles. The molecule has 0 unspecified atom stereocenters. The van der Waals surface area contributed by atoms with Gasteiger partial charge in [-0.3, -0.25) is 9.78 Å². The van der Waals surface area contributed by atoms with E-state index in [0.717, 1.165) is 61.1 Å². The maximum atomic E-state index is 12.9. The summed E-state index contributed by atoms with van der Waals surface area (Å²) in [5.41, 5.74) is 3.25. The van der Waals surface area contributed by atoms with E-state index in [9.17, 15) is 9.59 Å². The number of benzene rings is 1. The number of fused-ring (bicyclic) bond motifs is 2. The van der Waals surface area contributed by atoms with E-state index in [1.54, 1.807) is 4.90 Å². The van der Waals surface area contributed by atoms with Crippen molar-refractivity contribution in [3.05, 3.63) is 41.1 Å². The molecule has 0 atom stereocenters. The molecule has 6 heteroatoms. The van der Waals surface area contributed by atoms with Crippen molar-refractivity contribution in [1.29, 1.82) is 0 Å². The van der Waals surface area contributed by atoms with Crippen molar-refractivity contribution in [2.24, 2.45) is 0 Å². The first-order chi connectivity index (χ1) is 12.6. The van der Waals surface area contributed by atoms with Crippen LogP contribution in [0.25, 0.3) is 10.9 Å². The van der Waals surface area contributed by atoms with Crippen LogP contribution in [0.15, 0.2) is 24.3 Å². The lowest BCUT2D eigenvalue weighted by Gasteiger charge is -2.26. The van der Waals surface area contributed by atoms with Crippen molar-refractivity contribution in [2.75, 3.05) is 33.3 Å². The molecule has 4 rings (SSSR count). The van der Waals surface area contributed by atoms with E-state index in [0.29, 0.717) is 12.1 Å². The Hall–Kier alpha value is -2.47. The standard InChI is InChI=1S/C20H23N3O3/c1-22-11-8-17-15(12-22)19(14-6-2-3-7-16(14)21-17)20(25)26-13-18(24)23-9-4-5-10-23/h2-3,6-7H,4-5,8-13H2,1H3. The smallest absolute Gasteiger partial charge is 0.339 e. The number of amides is 1. The molecule has 0 saturated carbocycles. The summed E-state index contributed by atoms with van der Waals surface area (Å²) in [7, 11) is 2.03. The number of esters is 1. The molecular weight excluding hydrogens is 330 g/mol. The Kier molecular flexibility index (Phi) is 4.59. The minimum atomic E-state index is -0.428. The summed E-state index contributed by atoms with van der Waals surface area (Å²) in [5.74, 6) is -0.539. The fourth-order valence-electron chi connectivity index (χ4n) is 3.82. The van der Waals surface area contributed by atoms with E-state index >= 15 is 0 Å². The van der Waals surface area contributed by atoms with Crippen LogP contribution in [0.1, 0.15) is 34.5 Å². The van der Waals surface area contributed by atoms with Gasteiger partial charge in [0.2, 0.25) is 0 Å². The van der Waals surface area contributed by atoms with E-state index in [1.807, 2.05) is 31.3 Å². The molecule has 1 amide bonds. The zero-order valence-corrected chi connectivity index (χ0v) is 15.0. The number of likely N-dealkylation sites (tertiary alicyclic amines) is 1. The number of hydrogen-bond donors (Lipinski definition) is 0. The van der Waals surface area contributed by atoms with Crippen molar-refractivity contribution in [3.63, 3.8) is 0 Å². The van der Waals surface area contributed by atoms with Gasteiger partial charge in [-0.1, -0.05) is 18.2 Å². The van der Waals surface area contributed by atoms with Gasteiger partial charge in [0.15, 0.2) is 6.61 Å². The molecule has 1 aromatic carbocycles. The third-order valence-corrected chi connectivity index (χ3v) is 5.23. The molecule has 2 aliphatic heterocycles. The molecule has 2 aromatic rings. The summed E-state index contributed by atoms with van der Waals surface area (Å²) in [6.07, 6.45) is 2.85. The van der Waals surface area contributed by atoms with Gasteiger partial charge >= 0.3 is 5.97 Å². The SMILES string of the molecule is CN1CCc2nc3ccccc3c(C(=O)OCC(=O)N3CCCC3)c2C1. The number of carbonyl (C=O) groups is 2. The number of nitrogens with zero attached hydrogens (tertiary/aromatic N) is 3. The van der Waals surface area contributed by atoms with Crippen LogP contribution in [-0.4, -0.2) is 59.9 Å². The molecule has 1 saturated heterocycles. The predicted octanol–water partition coefficient (Wildman–Crippen LogP) is 2.00. The molecule has 6 nitrogen and oxygen atoms in total. The van der Waals surface area contributed by atoms with Crippen LogP contribution < -0.4 is 0 Å². The molecule has 2 aliphatic rings. The van der Waals surface area contributed by atoms with E-state index in [-0.39, 0.29) is 12.5 Å². The number of para-hydroxylation sites is 1. The summed E-state index contributed by atoms with van der Waals surface area (Å²) in [4.78, 5) is 33.8. The second-order valence-electron chi connectivity index (χ2n) is 7.08. The van der Waals surface area contributed by atoms with Gasteiger partial charge < -0.3 is 14.5 Å². The molecule has 0 radical (unpaired) electrons. The fraction of sp³-hybridized carbons (Fsp3) is 0.450. The Morgan fingerprint density at radius 3 is 2.73 bits per heavy atom. The van der Waals surface area contributed by atoms with Gasteiger partial charge in [-0.2, -0.15) is 0 Å². The average molecular weight is 353 g/mol. The highest BCUT2D eigenvalue weighted by Crippen LogP contribution is 2.28. The van der Waals surface area contributed by atoms with Gasteiger partial charge in [0, 0.05) is 49.2 Å². The van der Waals surface area contributed by atoms with Gasteiger partial charge in [0.05, 0.1) is 11.1 Å². The van der Waals surface area contributed by atoms with E-state index in [2.05, 4.69) is 4.90 Å². The monoisotopic (exact) mass is 353 g/mol. The largest absolute Gasteiger partial charge is 0.452 e. The zero-order valence-electron chi connectivity index (χ0n) is 15.0. The van der Waals surface area contributed by atoms with Crippen LogP contribution >= 0.6 is 0 Å². The van der Waals surface area contributed by atoms with Crippen LogP contribution in [0, 0.1) is 0 Å². The van der Waals surface area contributed by atoms with Crippen LogP contribution in [0.2, 0.25) is 0 Å². The van der Waals surface area contributed by atoms with E-state index in [1.165, 1.54) is 0 Å². The van der Waals surface area contributed by atoms with Gasteiger partial charge in [0.1, 0.15) is 0 Å². The first-order valence-corrected chi connectivity index (χ1v) is 9.17. The maximum absolute atomic E-state index is 12.9. The number of hydrogen-bond acceptors (Lipinski definition) is 5. The maximum Gasteiger partial charge on any atom is 0.339 e. The summed E-state index contributed by atoms with van der Waals surface area (Å²) in [6.45, 7) is 2.90. The lowest BCUT2D eigenvalue weighted by atomic mass is 9.96. The molecule has 136 valence electrons. The Morgan fingerprint density at radius 1 is 1.15 bits per heavy atom. The van der Waals surface area contributed by atoms with Crippen molar-refractivity contribution < 1.29 is 14.3 Å². The molecule has 0 spiro atoms. The van der Waals surface area contributed by atoms with Gasteiger partial charge in [-0.15, -0.1) is 0 Å². The summed E-state index contributed by atoms with van der Waals surface area (Å²) < 4.78 is 5.44. The Morgan fingerprint density at radius 2 is 1.92 bits per heavy atom. The molecule has 0 bridgehead atoms. The molecule has 0 N–H and O–H groups in total. The average Bonchev–Trinajstić information content (AvgIpc) is 3.19. The molecule has 26 heavy (non-hydrogen) atoms. The Bertz CT molecular complexity index is 859. The summed E-state index contributed by atoms with van der Waals surface area (Å²) >= 11 is 0. The third kappa shape index (κ3) is 3.17. The van der Waals surface area contributed by atoms with Crippen LogP contribution in [0.3, 0.4) is 0 Å². The highest BCUT2D eigenvalue weighted by atomic mass is 16.5. The van der Waals surface area contributed by atoms with Gasteiger partial charge in [-0.05, 0) is 26.0 Å². The minimum Gasteiger partial charge on any atom is -0.452 e. The lowest BCUT2D eigenvalue weighted by Crippen LogP contribution is -2.33. The second-order valence-corrected chi connectivity index (χ2v) is 7.08. The highest BCUT2D eigenvalue weighted by Gasteiger charge is 2.26.